The highest BCUT2D eigenvalue weighted by Gasteiger charge is 2.28. The van der Waals surface area contributed by atoms with Gasteiger partial charge >= 0.3 is 0 Å². The van der Waals surface area contributed by atoms with E-state index in [2.05, 4.69) is 31.0 Å². The van der Waals surface area contributed by atoms with Crippen LogP contribution in [0.3, 0.4) is 0 Å². The first-order chi connectivity index (χ1) is 11.7. The van der Waals surface area contributed by atoms with Crippen LogP contribution in [0, 0.1) is 5.82 Å². The minimum atomic E-state index is -0.360. The van der Waals surface area contributed by atoms with Gasteiger partial charge in [-0.15, -0.1) is 0 Å². The third-order valence-electron chi connectivity index (χ3n) is 4.62. The third-order valence-corrected chi connectivity index (χ3v) is 5.51. The fraction of sp³-hybridized carbons (Fsp3) is 0.353. The van der Waals surface area contributed by atoms with Crippen molar-refractivity contribution in [3.63, 3.8) is 0 Å². The van der Waals surface area contributed by atoms with Crippen LogP contribution in [-0.4, -0.2) is 19.6 Å². The molecule has 0 radical (unpaired) electrons. The van der Waals surface area contributed by atoms with E-state index in [-0.39, 0.29) is 11.7 Å². The lowest BCUT2D eigenvalue weighted by Gasteiger charge is -2.25. The average molecular weight is 410 g/mol. The topological polar surface area (TPSA) is 43.1 Å². The summed E-state index contributed by atoms with van der Waals surface area (Å²) in [6.07, 6.45) is 7.12. The van der Waals surface area contributed by atoms with E-state index >= 15 is 0 Å². The van der Waals surface area contributed by atoms with Crippen LogP contribution in [0.15, 0.2) is 29.1 Å². The molecular weight excluding hydrogens is 395 g/mol. The van der Waals surface area contributed by atoms with Gasteiger partial charge in [0.15, 0.2) is 0 Å². The van der Waals surface area contributed by atoms with Crippen molar-refractivity contribution in [2.24, 2.45) is 0 Å². The molecule has 0 amide bonds. The van der Waals surface area contributed by atoms with Gasteiger partial charge < -0.3 is 0 Å². The fourth-order valence-electron chi connectivity index (χ4n) is 3.56. The molecule has 0 spiro atoms. The summed E-state index contributed by atoms with van der Waals surface area (Å²) in [5, 5.41) is 4.71. The van der Waals surface area contributed by atoms with Crippen LogP contribution in [0.25, 0.3) is 16.9 Å². The van der Waals surface area contributed by atoms with Crippen molar-refractivity contribution in [1.29, 1.82) is 0 Å². The first-order valence-electron chi connectivity index (χ1n) is 8.00. The Kier molecular flexibility index (Phi) is 4.26. The van der Waals surface area contributed by atoms with Crippen LogP contribution in [0.2, 0.25) is 5.02 Å². The SMILES string of the molecule is Fc1cccc(Cl)c1-c1c(Br)nc2ncnn2c1C1CCCCC1. The summed E-state index contributed by atoms with van der Waals surface area (Å²) in [5.41, 5.74) is 2.00. The maximum absolute atomic E-state index is 14.6. The molecule has 0 bridgehead atoms. The summed E-state index contributed by atoms with van der Waals surface area (Å²) in [6, 6.07) is 4.73. The number of nitrogens with zero attached hydrogens (tertiary/aromatic N) is 4. The Morgan fingerprint density at radius 3 is 2.71 bits per heavy atom. The standard InChI is InChI=1S/C17H15BrClFN4/c18-16-14(13-11(19)7-4-8-12(13)20)15(10-5-2-1-3-6-10)24-17(23-16)21-9-22-24/h4,7-10H,1-3,5-6H2. The van der Waals surface area contributed by atoms with Crippen molar-refractivity contribution in [3.8, 4) is 11.1 Å². The maximum Gasteiger partial charge on any atom is 0.253 e. The minimum Gasteiger partial charge on any atom is -0.206 e. The number of rotatable bonds is 2. The molecule has 4 rings (SSSR count). The van der Waals surface area contributed by atoms with Crippen LogP contribution < -0.4 is 0 Å². The molecule has 2 heterocycles. The van der Waals surface area contributed by atoms with Crippen molar-refractivity contribution in [1.82, 2.24) is 19.6 Å². The van der Waals surface area contributed by atoms with Crippen molar-refractivity contribution in [2.45, 2.75) is 38.0 Å². The number of aromatic nitrogens is 4. The predicted octanol–water partition coefficient (Wildman–Crippen LogP) is 5.39. The highest BCUT2D eigenvalue weighted by Crippen LogP contribution is 2.43. The number of hydrogen-bond acceptors (Lipinski definition) is 3. The summed E-state index contributed by atoms with van der Waals surface area (Å²) in [7, 11) is 0. The molecule has 1 saturated carbocycles. The second-order valence-electron chi connectivity index (χ2n) is 6.07. The minimum absolute atomic E-state index is 0.285. The van der Waals surface area contributed by atoms with Crippen LogP contribution in [0.1, 0.15) is 43.7 Å². The molecule has 0 saturated heterocycles. The van der Waals surface area contributed by atoms with Crippen molar-refractivity contribution >= 4 is 33.3 Å². The van der Waals surface area contributed by atoms with Gasteiger partial charge in [0, 0.05) is 17.0 Å². The van der Waals surface area contributed by atoms with Crippen LogP contribution >= 0.6 is 27.5 Å². The van der Waals surface area contributed by atoms with Crippen molar-refractivity contribution in [3.05, 3.63) is 45.7 Å². The molecule has 7 heteroatoms. The van der Waals surface area contributed by atoms with E-state index in [0.29, 0.717) is 26.5 Å². The Morgan fingerprint density at radius 2 is 1.96 bits per heavy atom. The number of benzene rings is 1. The molecule has 1 aliphatic rings. The second-order valence-corrected chi connectivity index (χ2v) is 7.22. The Balaban J connectivity index is 2.05. The summed E-state index contributed by atoms with van der Waals surface area (Å²) >= 11 is 9.85. The number of halogens is 3. The zero-order valence-corrected chi connectivity index (χ0v) is 15.2. The van der Waals surface area contributed by atoms with E-state index in [1.807, 2.05) is 0 Å². The van der Waals surface area contributed by atoms with Gasteiger partial charge in [-0.3, -0.25) is 0 Å². The molecule has 1 aromatic carbocycles. The van der Waals surface area contributed by atoms with Gasteiger partial charge in [-0.25, -0.2) is 13.9 Å². The first kappa shape index (κ1) is 16.0. The van der Waals surface area contributed by atoms with Gasteiger partial charge in [0.25, 0.3) is 5.78 Å². The predicted molar refractivity (Wildman–Crippen MR) is 94.7 cm³/mol. The van der Waals surface area contributed by atoms with Crippen LogP contribution in [0.4, 0.5) is 4.39 Å². The van der Waals surface area contributed by atoms with Crippen molar-refractivity contribution in [2.75, 3.05) is 0 Å². The Hall–Kier alpha value is -1.53. The Labute approximate surface area is 152 Å². The molecule has 4 nitrogen and oxygen atoms in total. The maximum atomic E-state index is 14.6. The highest BCUT2D eigenvalue weighted by atomic mass is 79.9. The van der Waals surface area contributed by atoms with E-state index in [1.165, 1.54) is 18.8 Å². The molecule has 1 aliphatic carbocycles. The third kappa shape index (κ3) is 2.62. The Morgan fingerprint density at radius 1 is 1.17 bits per heavy atom. The monoisotopic (exact) mass is 408 g/mol. The molecule has 2 aromatic heterocycles. The van der Waals surface area contributed by atoms with Gasteiger partial charge in [0.1, 0.15) is 16.7 Å². The molecule has 124 valence electrons. The summed E-state index contributed by atoms with van der Waals surface area (Å²) in [5.74, 6) is 0.438. The molecule has 1 fully saturated rings. The smallest absolute Gasteiger partial charge is 0.206 e. The fourth-order valence-corrected chi connectivity index (χ4v) is 4.38. The van der Waals surface area contributed by atoms with Gasteiger partial charge in [0.2, 0.25) is 0 Å². The average Bonchev–Trinajstić information content (AvgIpc) is 3.03. The summed E-state index contributed by atoms with van der Waals surface area (Å²) in [4.78, 5) is 8.63. The Bertz CT molecular complexity index is 885. The molecule has 0 atom stereocenters. The van der Waals surface area contributed by atoms with Crippen LogP contribution in [-0.2, 0) is 0 Å². The summed E-state index contributed by atoms with van der Waals surface area (Å²) in [6.45, 7) is 0. The van der Waals surface area contributed by atoms with Gasteiger partial charge in [0.05, 0.1) is 10.7 Å². The molecule has 24 heavy (non-hydrogen) atoms. The normalized spacial score (nSPS) is 16.0. The first-order valence-corrected chi connectivity index (χ1v) is 9.17. The highest BCUT2D eigenvalue weighted by molar-refractivity contribution is 9.10. The largest absolute Gasteiger partial charge is 0.253 e. The lowest BCUT2D eigenvalue weighted by molar-refractivity contribution is 0.431. The molecular formula is C17H15BrClFN4. The number of hydrogen-bond donors (Lipinski definition) is 0. The van der Waals surface area contributed by atoms with Gasteiger partial charge in [-0.1, -0.05) is 36.9 Å². The second kappa shape index (κ2) is 6.41. The lowest BCUT2D eigenvalue weighted by atomic mass is 9.84. The quantitative estimate of drug-likeness (QED) is 0.533. The van der Waals surface area contributed by atoms with Gasteiger partial charge in [-0.2, -0.15) is 10.1 Å². The zero-order valence-electron chi connectivity index (χ0n) is 12.8. The van der Waals surface area contributed by atoms with E-state index < -0.39 is 0 Å². The molecule has 0 aliphatic heterocycles. The van der Waals surface area contributed by atoms with Gasteiger partial charge in [-0.05, 0) is 40.9 Å². The zero-order chi connectivity index (χ0) is 16.7. The number of fused-ring (bicyclic) bond motifs is 1. The molecule has 0 unspecified atom stereocenters. The van der Waals surface area contributed by atoms with E-state index in [4.69, 9.17) is 11.6 Å². The molecule has 0 N–H and O–H groups in total. The van der Waals surface area contributed by atoms with E-state index in [0.717, 1.165) is 31.4 Å². The van der Waals surface area contributed by atoms with E-state index in [9.17, 15) is 4.39 Å². The van der Waals surface area contributed by atoms with Crippen LogP contribution in [0.5, 0.6) is 0 Å². The van der Waals surface area contributed by atoms with E-state index in [1.54, 1.807) is 16.6 Å². The van der Waals surface area contributed by atoms with Crippen molar-refractivity contribution < 1.29 is 4.39 Å². The summed E-state index contributed by atoms with van der Waals surface area (Å²) < 4.78 is 16.9. The lowest BCUT2D eigenvalue weighted by Crippen LogP contribution is -2.14. The molecule has 3 aromatic rings.